The summed E-state index contributed by atoms with van der Waals surface area (Å²) in [7, 11) is 0. The highest BCUT2D eigenvalue weighted by atomic mass is 16.3. The van der Waals surface area contributed by atoms with E-state index in [1.54, 1.807) is 6.26 Å². The van der Waals surface area contributed by atoms with Gasteiger partial charge in [0.1, 0.15) is 5.58 Å². The number of nitrogens with one attached hydrogen (secondary N) is 1. The van der Waals surface area contributed by atoms with Crippen LogP contribution in [0.4, 0.5) is 0 Å². The lowest BCUT2D eigenvalue weighted by Crippen LogP contribution is -2.27. The van der Waals surface area contributed by atoms with Gasteiger partial charge in [0.05, 0.1) is 12.3 Å². The van der Waals surface area contributed by atoms with Crippen LogP contribution in [0.25, 0.3) is 11.0 Å². The maximum absolute atomic E-state index is 5.50. The first-order valence-electron chi connectivity index (χ1n) is 4.90. The number of para-hydroxylation sites is 1. The molecule has 0 fully saturated rings. The van der Waals surface area contributed by atoms with Gasteiger partial charge < -0.3 is 4.42 Å². The Hall–Kier alpha value is -1.58. The summed E-state index contributed by atoms with van der Waals surface area (Å²) in [5, 5.41) is 1.10. The van der Waals surface area contributed by atoms with Crippen LogP contribution in [0.1, 0.15) is 18.0 Å². The fourth-order valence-electron chi connectivity index (χ4n) is 1.72. The minimum absolute atomic E-state index is 0.0612. The minimum Gasteiger partial charge on any atom is -0.464 e. The van der Waals surface area contributed by atoms with Crippen LogP contribution in [0, 0.1) is 0 Å². The van der Waals surface area contributed by atoms with E-state index in [4.69, 9.17) is 10.3 Å². The van der Waals surface area contributed by atoms with Crippen molar-refractivity contribution in [3.05, 3.63) is 48.7 Å². The van der Waals surface area contributed by atoms with Crippen molar-refractivity contribution in [1.29, 1.82) is 0 Å². The predicted molar refractivity (Wildman–Crippen MR) is 61.1 cm³/mol. The maximum atomic E-state index is 5.50. The highest BCUT2D eigenvalue weighted by molar-refractivity contribution is 5.81. The average Bonchev–Trinajstić information content (AvgIpc) is 2.70. The second kappa shape index (κ2) is 4.29. The molecule has 1 heterocycles. The van der Waals surface area contributed by atoms with E-state index < -0.39 is 0 Å². The molecule has 78 valence electrons. The third kappa shape index (κ3) is 1.79. The molecule has 3 N–H and O–H groups in total. The van der Waals surface area contributed by atoms with E-state index in [-0.39, 0.29) is 6.04 Å². The van der Waals surface area contributed by atoms with Gasteiger partial charge >= 0.3 is 0 Å². The number of rotatable bonds is 4. The molecule has 1 aromatic carbocycles. The van der Waals surface area contributed by atoms with Crippen molar-refractivity contribution in [3.63, 3.8) is 0 Å². The first-order chi connectivity index (χ1) is 7.36. The predicted octanol–water partition coefficient (Wildman–Crippen LogP) is 2.51. The van der Waals surface area contributed by atoms with E-state index in [0.29, 0.717) is 0 Å². The Labute approximate surface area is 88.5 Å². The fourth-order valence-corrected chi connectivity index (χ4v) is 1.72. The molecule has 2 rings (SSSR count). The Balaban J connectivity index is 2.45. The van der Waals surface area contributed by atoms with Gasteiger partial charge in [-0.2, -0.15) is 0 Å². The third-order valence-electron chi connectivity index (χ3n) is 2.49. The summed E-state index contributed by atoms with van der Waals surface area (Å²) < 4.78 is 5.45. The molecule has 1 unspecified atom stereocenters. The number of hydrogen-bond donors (Lipinski definition) is 2. The lowest BCUT2D eigenvalue weighted by Gasteiger charge is -2.11. The zero-order valence-electron chi connectivity index (χ0n) is 8.44. The molecule has 3 nitrogen and oxygen atoms in total. The number of benzene rings is 1. The number of nitrogens with two attached hydrogens (primary N) is 1. The van der Waals surface area contributed by atoms with E-state index in [1.165, 1.54) is 0 Å². The molecule has 1 aromatic heterocycles. The van der Waals surface area contributed by atoms with Gasteiger partial charge in [0.15, 0.2) is 0 Å². The molecule has 0 saturated carbocycles. The number of furan rings is 1. The van der Waals surface area contributed by atoms with Gasteiger partial charge in [-0.15, -0.1) is 6.58 Å². The zero-order valence-corrected chi connectivity index (χ0v) is 8.44. The SMILES string of the molecule is C=CCC(NN)c1coc2ccccc12. The zero-order chi connectivity index (χ0) is 10.7. The van der Waals surface area contributed by atoms with Crippen LogP contribution < -0.4 is 11.3 Å². The normalized spacial score (nSPS) is 12.9. The van der Waals surface area contributed by atoms with Crippen molar-refractivity contribution in [2.24, 2.45) is 5.84 Å². The van der Waals surface area contributed by atoms with E-state index in [2.05, 4.69) is 12.0 Å². The molecule has 0 aliphatic carbocycles. The molecule has 0 spiro atoms. The van der Waals surface area contributed by atoms with E-state index >= 15 is 0 Å². The molecule has 0 saturated heterocycles. The molecular weight excluding hydrogens is 188 g/mol. The van der Waals surface area contributed by atoms with Gasteiger partial charge in [0, 0.05) is 10.9 Å². The van der Waals surface area contributed by atoms with Crippen molar-refractivity contribution >= 4 is 11.0 Å². The Kier molecular flexibility index (Phi) is 2.85. The highest BCUT2D eigenvalue weighted by Crippen LogP contribution is 2.27. The number of fused-ring (bicyclic) bond motifs is 1. The molecule has 0 amide bonds. The van der Waals surface area contributed by atoms with Crippen molar-refractivity contribution in [2.75, 3.05) is 0 Å². The maximum Gasteiger partial charge on any atom is 0.134 e. The van der Waals surface area contributed by atoms with Gasteiger partial charge in [-0.3, -0.25) is 11.3 Å². The first-order valence-corrected chi connectivity index (χ1v) is 4.90. The van der Waals surface area contributed by atoms with Crippen molar-refractivity contribution in [3.8, 4) is 0 Å². The Bertz CT molecular complexity index is 461. The summed E-state index contributed by atoms with van der Waals surface area (Å²) in [6.45, 7) is 3.71. The minimum atomic E-state index is 0.0612. The summed E-state index contributed by atoms with van der Waals surface area (Å²) in [5.74, 6) is 5.50. The van der Waals surface area contributed by atoms with Crippen LogP contribution in [0.15, 0.2) is 47.6 Å². The van der Waals surface area contributed by atoms with Crippen LogP contribution in [0.5, 0.6) is 0 Å². The van der Waals surface area contributed by atoms with Crippen molar-refractivity contribution in [1.82, 2.24) is 5.43 Å². The summed E-state index contributed by atoms with van der Waals surface area (Å²) in [5.41, 5.74) is 4.73. The van der Waals surface area contributed by atoms with Crippen molar-refractivity contribution in [2.45, 2.75) is 12.5 Å². The number of hydrazine groups is 1. The van der Waals surface area contributed by atoms with Crippen LogP contribution in [-0.2, 0) is 0 Å². The number of hydrogen-bond acceptors (Lipinski definition) is 3. The molecule has 0 aliphatic heterocycles. The molecule has 0 bridgehead atoms. The third-order valence-corrected chi connectivity index (χ3v) is 2.49. The molecule has 0 radical (unpaired) electrons. The molecule has 2 aromatic rings. The van der Waals surface area contributed by atoms with Gasteiger partial charge in [0.25, 0.3) is 0 Å². The Morgan fingerprint density at radius 3 is 3.00 bits per heavy atom. The largest absolute Gasteiger partial charge is 0.464 e. The lowest BCUT2D eigenvalue weighted by atomic mass is 10.0. The summed E-state index contributed by atoms with van der Waals surface area (Å²) in [6.07, 6.45) is 4.37. The van der Waals surface area contributed by atoms with Gasteiger partial charge in [-0.1, -0.05) is 24.3 Å². The quantitative estimate of drug-likeness (QED) is 0.455. The van der Waals surface area contributed by atoms with E-state index in [9.17, 15) is 0 Å². The molecule has 15 heavy (non-hydrogen) atoms. The van der Waals surface area contributed by atoms with Gasteiger partial charge in [-0.25, -0.2) is 0 Å². The highest BCUT2D eigenvalue weighted by Gasteiger charge is 2.13. The first kappa shape index (κ1) is 9.96. The summed E-state index contributed by atoms with van der Waals surface area (Å²) in [4.78, 5) is 0. The van der Waals surface area contributed by atoms with Gasteiger partial charge in [-0.05, 0) is 12.5 Å². The summed E-state index contributed by atoms with van der Waals surface area (Å²) >= 11 is 0. The van der Waals surface area contributed by atoms with Crippen LogP contribution in [-0.4, -0.2) is 0 Å². The molecule has 1 atom stereocenters. The molecular formula is C12H14N2O. The van der Waals surface area contributed by atoms with Crippen LogP contribution in [0.3, 0.4) is 0 Å². The Morgan fingerprint density at radius 1 is 1.47 bits per heavy atom. The Morgan fingerprint density at radius 2 is 2.27 bits per heavy atom. The van der Waals surface area contributed by atoms with Crippen LogP contribution >= 0.6 is 0 Å². The monoisotopic (exact) mass is 202 g/mol. The van der Waals surface area contributed by atoms with E-state index in [1.807, 2.05) is 30.3 Å². The standard InChI is InChI=1S/C12H14N2O/c1-2-5-11(14-13)10-8-15-12-7-4-3-6-9(10)12/h2-4,6-8,11,14H,1,5,13H2. The van der Waals surface area contributed by atoms with E-state index in [0.717, 1.165) is 23.0 Å². The average molecular weight is 202 g/mol. The summed E-state index contributed by atoms with van der Waals surface area (Å²) in [6, 6.07) is 7.98. The topological polar surface area (TPSA) is 51.2 Å². The second-order valence-corrected chi connectivity index (χ2v) is 3.43. The van der Waals surface area contributed by atoms with Gasteiger partial charge in [0.2, 0.25) is 0 Å². The lowest BCUT2D eigenvalue weighted by molar-refractivity contribution is 0.544. The molecule has 0 aliphatic rings. The smallest absolute Gasteiger partial charge is 0.134 e. The van der Waals surface area contributed by atoms with Crippen molar-refractivity contribution < 1.29 is 4.42 Å². The fraction of sp³-hybridized carbons (Fsp3) is 0.167. The molecule has 3 heteroatoms. The van der Waals surface area contributed by atoms with Crippen LogP contribution in [0.2, 0.25) is 0 Å². The second-order valence-electron chi connectivity index (χ2n) is 3.43.